The quantitative estimate of drug-likeness (QED) is 0.801. The second-order valence-electron chi connectivity index (χ2n) is 3.85. The van der Waals surface area contributed by atoms with Gasteiger partial charge in [0.1, 0.15) is 11.6 Å². The van der Waals surface area contributed by atoms with Gasteiger partial charge in [-0.1, -0.05) is 23.7 Å². The number of ether oxygens (including phenoxy) is 1. The van der Waals surface area contributed by atoms with Crippen LogP contribution < -0.4 is 4.74 Å². The van der Waals surface area contributed by atoms with E-state index in [4.69, 9.17) is 16.3 Å². The van der Waals surface area contributed by atoms with Gasteiger partial charge in [0.25, 0.3) is 0 Å². The summed E-state index contributed by atoms with van der Waals surface area (Å²) >= 11 is 5.69. The zero-order valence-electron chi connectivity index (χ0n) is 10.1. The molecule has 0 spiro atoms. The van der Waals surface area contributed by atoms with Gasteiger partial charge < -0.3 is 4.74 Å². The lowest BCUT2D eigenvalue weighted by Gasteiger charge is -2.05. The van der Waals surface area contributed by atoms with Gasteiger partial charge in [0, 0.05) is 6.42 Å². The fourth-order valence-electron chi connectivity index (χ4n) is 1.58. The first kappa shape index (κ1) is 12.8. The summed E-state index contributed by atoms with van der Waals surface area (Å²) in [6.45, 7) is 1.57. The molecular formula is C13H12ClFN2O. The third-order valence-electron chi connectivity index (χ3n) is 2.54. The summed E-state index contributed by atoms with van der Waals surface area (Å²) in [5.41, 5.74) is 1.27. The summed E-state index contributed by atoms with van der Waals surface area (Å²) in [6, 6.07) is 7.53. The molecule has 3 nitrogen and oxygen atoms in total. The van der Waals surface area contributed by atoms with E-state index in [-0.39, 0.29) is 10.8 Å². The molecule has 0 amide bonds. The Hall–Kier alpha value is -1.68. The Labute approximate surface area is 110 Å². The molecule has 0 unspecified atom stereocenters. The van der Waals surface area contributed by atoms with E-state index in [9.17, 15) is 4.39 Å². The number of methoxy groups -OCH3 is 1. The Morgan fingerprint density at radius 3 is 2.44 bits per heavy atom. The van der Waals surface area contributed by atoms with Crippen LogP contribution in [0.15, 0.2) is 24.3 Å². The van der Waals surface area contributed by atoms with Crippen molar-refractivity contribution < 1.29 is 9.13 Å². The fourth-order valence-corrected chi connectivity index (χ4v) is 1.82. The van der Waals surface area contributed by atoms with Crippen LogP contribution in [0.1, 0.15) is 17.1 Å². The van der Waals surface area contributed by atoms with E-state index in [1.54, 1.807) is 14.0 Å². The van der Waals surface area contributed by atoms with Crippen molar-refractivity contribution in [1.82, 2.24) is 9.97 Å². The van der Waals surface area contributed by atoms with Crippen LogP contribution in [0.3, 0.4) is 0 Å². The number of aryl methyl sites for hydroxylation is 1. The minimum Gasteiger partial charge on any atom is -0.497 e. The minimum atomic E-state index is -0.560. The summed E-state index contributed by atoms with van der Waals surface area (Å²) in [5.74, 6) is 0.729. The highest BCUT2D eigenvalue weighted by Gasteiger charge is 2.09. The molecule has 0 saturated heterocycles. The topological polar surface area (TPSA) is 35.0 Å². The lowest BCUT2D eigenvalue weighted by atomic mass is 10.1. The van der Waals surface area contributed by atoms with Gasteiger partial charge in [-0.25, -0.2) is 14.4 Å². The zero-order chi connectivity index (χ0) is 13.1. The number of aromatic nitrogens is 2. The maximum absolute atomic E-state index is 13.3. The molecule has 0 fully saturated rings. The monoisotopic (exact) mass is 266 g/mol. The molecule has 0 atom stereocenters. The van der Waals surface area contributed by atoms with Crippen molar-refractivity contribution in [3.05, 3.63) is 52.3 Å². The smallest absolute Gasteiger partial charge is 0.181 e. The Bertz CT molecular complexity index is 534. The molecule has 0 bridgehead atoms. The van der Waals surface area contributed by atoms with Crippen LogP contribution in [0.4, 0.5) is 4.39 Å². The van der Waals surface area contributed by atoms with Crippen LogP contribution in [0.2, 0.25) is 5.15 Å². The van der Waals surface area contributed by atoms with Crippen LogP contribution in [0, 0.1) is 12.7 Å². The van der Waals surface area contributed by atoms with Crippen molar-refractivity contribution in [2.75, 3.05) is 7.11 Å². The summed E-state index contributed by atoms with van der Waals surface area (Å²) in [7, 11) is 1.61. The molecule has 0 aliphatic rings. The van der Waals surface area contributed by atoms with Crippen molar-refractivity contribution in [2.24, 2.45) is 0 Å². The van der Waals surface area contributed by atoms with Gasteiger partial charge in [0.15, 0.2) is 11.0 Å². The summed E-state index contributed by atoms with van der Waals surface area (Å²) < 4.78 is 18.3. The standard InChI is InChI=1S/C13H12ClFN2O/c1-8-12(15)13(14)17-11(16-8)7-9-3-5-10(18-2)6-4-9/h3-6H,7H2,1-2H3. The number of halogens is 2. The highest BCUT2D eigenvalue weighted by atomic mass is 35.5. The number of nitrogens with zero attached hydrogens (tertiary/aromatic N) is 2. The molecule has 5 heteroatoms. The molecule has 2 rings (SSSR count). The fraction of sp³-hybridized carbons (Fsp3) is 0.231. The Morgan fingerprint density at radius 2 is 1.89 bits per heavy atom. The lowest BCUT2D eigenvalue weighted by molar-refractivity contribution is 0.414. The van der Waals surface area contributed by atoms with E-state index in [0.717, 1.165) is 11.3 Å². The number of hydrogen-bond donors (Lipinski definition) is 0. The predicted molar refractivity (Wildman–Crippen MR) is 67.5 cm³/mol. The minimum absolute atomic E-state index is 0.133. The van der Waals surface area contributed by atoms with Crippen LogP contribution in [-0.2, 0) is 6.42 Å². The first-order valence-electron chi connectivity index (χ1n) is 5.41. The van der Waals surface area contributed by atoms with Crippen LogP contribution in [0.25, 0.3) is 0 Å². The third kappa shape index (κ3) is 2.76. The van der Waals surface area contributed by atoms with E-state index in [1.807, 2.05) is 24.3 Å². The van der Waals surface area contributed by atoms with Gasteiger partial charge in [-0.3, -0.25) is 0 Å². The van der Waals surface area contributed by atoms with Gasteiger partial charge >= 0.3 is 0 Å². The molecule has 1 aromatic carbocycles. The number of rotatable bonds is 3. The Morgan fingerprint density at radius 1 is 1.22 bits per heavy atom. The van der Waals surface area contributed by atoms with Gasteiger partial charge in [0.05, 0.1) is 12.8 Å². The van der Waals surface area contributed by atoms with Gasteiger partial charge in [-0.05, 0) is 24.6 Å². The van der Waals surface area contributed by atoms with Crippen LogP contribution in [0.5, 0.6) is 5.75 Å². The second kappa shape index (κ2) is 5.31. The van der Waals surface area contributed by atoms with Crippen LogP contribution in [-0.4, -0.2) is 17.1 Å². The molecule has 0 radical (unpaired) electrons. The van der Waals surface area contributed by atoms with Crippen molar-refractivity contribution in [3.63, 3.8) is 0 Å². The molecule has 2 aromatic rings. The molecule has 94 valence electrons. The SMILES string of the molecule is COc1ccc(Cc2nc(C)c(F)c(Cl)n2)cc1. The zero-order valence-corrected chi connectivity index (χ0v) is 10.8. The number of hydrogen-bond acceptors (Lipinski definition) is 3. The van der Waals surface area contributed by atoms with Crippen molar-refractivity contribution in [2.45, 2.75) is 13.3 Å². The van der Waals surface area contributed by atoms with Gasteiger partial charge in [-0.2, -0.15) is 0 Å². The first-order valence-corrected chi connectivity index (χ1v) is 5.79. The lowest BCUT2D eigenvalue weighted by Crippen LogP contribution is -2.02. The highest BCUT2D eigenvalue weighted by Crippen LogP contribution is 2.17. The Kier molecular flexibility index (Phi) is 3.77. The maximum atomic E-state index is 13.3. The Balaban J connectivity index is 2.23. The normalized spacial score (nSPS) is 10.4. The van der Waals surface area contributed by atoms with E-state index >= 15 is 0 Å². The van der Waals surface area contributed by atoms with E-state index < -0.39 is 5.82 Å². The maximum Gasteiger partial charge on any atom is 0.181 e. The average Bonchev–Trinajstić information content (AvgIpc) is 2.37. The van der Waals surface area contributed by atoms with Crippen LogP contribution >= 0.6 is 11.6 Å². The highest BCUT2D eigenvalue weighted by molar-refractivity contribution is 6.29. The van der Waals surface area contributed by atoms with Crippen molar-refractivity contribution in [3.8, 4) is 5.75 Å². The second-order valence-corrected chi connectivity index (χ2v) is 4.21. The molecular weight excluding hydrogens is 255 g/mol. The summed E-state index contributed by atoms with van der Waals surface area (Å²) in [5, 5.41) is -0.133. The molecule has 0 aliphatic heterocycles. The summed E-state index contributed by atoms with van der Waals surface area (Å²) in [6.07, 6.45) is 0.505. The van der Waals surface area contributed by atoms with E-state index in [0.29, 0.717) is 12.2 Å². The number of benzene rings is 1. The first-order chi connectivity index (χ1) is 8.60. The molecule has 0 saturated carbocycles. The molecule has 1 aromatic heterocycles. The van der Waals surface area contributed by atoms with Crippen molar-refractivity contribution in [1.29, 1.82) is 0 Å². The largest absolute Gasteiger partial charge is 0.497 e. The molecule has 18 heavy (non-hydrogen) atoms. The molecule has 1 heterocycles. The van der Waals surface area contributed by atoms with Gasteiger partial charge in [-0.15, -0.1) is 0 Å². The molecule has 0 N–H and O–H groups in total. The van der Waals surface area contributed by atoms with E-state index in [2.05, 4.69) is 9.97 Å². The molecule has 0 aliphatic carbocycles. The van der Waals surface area contributed by atoms with Crippen molar-refractivity contribution >= 4 is 11.6 Å². The average molecular weight is 267 g/mol. The predicted octanol–water partition coefficient (Wildman–Crippen LogP) is 3.18. The summed E-state index contributed by atoms with van der Waals surface area (Å²) in [4.78, 5) is 7.99. The van der Waals surface area contributed by atoms with E-state index in [1.165, 1.54) is 0 Å². The third-order valence-corrected chi connectivity index (χ3v) is 2.79. The van der Waals surface area contributed by atoms with Gasteiger partial charge in [0.2, 0.25) is 0 Å².